The molecule has 3 aromatic rings. The quantitative estimate of drug-likeness (QED) is 0.478. The Labute approximate surface area is 163 Å². The first-order chi connectivity index (χ1) is 13.1. The van der Waals surface area contributed by atoms with Gasteiger partial charge in [-0.2, -0.15) is 4.98 Å². The monoisotopic (exact) mass is 383 g/mol. The van der Waals surface area contributed by atoms with Gasteiger partial charge in [-0.05, 0) is 44.9 Å². The molecule has 142 valence electrons. The predicted octanol–water partition coefficient (Wildman–Crippen LogP) is 3.14. The number of hydrogen-bond acceptors (Lipinski definition) is 5. The highest BCUT2D eigenvalue weighted by Crippen LogP contribution is 2.17. The summed E-state index contributed by atoms with van der Waals surface area (Å²) < 4.78 is 1.72. The summed E-state index contributed by atoms with van der Waals surface area (Å²) in [5.41, 5.74) is 4.01. The zero-order valence-corrected chi connectivity index (χ0v) is 16.8. The highest BCUT2D eigenvalue weighted by molar-refractivity contribution is 7.98. The summed E-state index contributed by atoms with van der Waals surface area (Å²) in [4.78, 5) is 21.2. The molecule has 0 bridgehead atoms. The Morgan fingerprint density at radius 2 is 1.93 bits per heavy atom. The summed E-state index contributed by atoms with van der Waals surface area (Å²) in [6.45, 7) is 4.57. The molecule has 0 unspecified atom stereocenters. The van der Waals surface area contributed by atoms with Crippen LogP contribution < -0.4 is 5.32 Å². The Hall–Kier alpha value is -2.41. The Morgan fingerprint density at radius 1 is 1.15 bits per heavy atom. The van der Waals surface area contributed by atoms with E-state index in [2.05, 4.69) is 44.6 Å². The SMILES string of the molecule is CSc1nc2nc(C)c(CC(=O)NCCCCc3ccccc3)c(C)n2n1. The molecule has 27 heavy (non-hydrogen) atoms. The fraction of sp³-hybridized carbons (Fsp3) is 0.400. The number of carbonyl (C=O) groups excluding carboxylic acids is 1. The van der Waals surface area contributed by atoms with Crippen molar-refractivity contribution in [3.63, 3.8) is 0 Å². The number of hydrogen-bond donors (Lipinski definition) is 1. The topological polar surface area (TPSA) is 72.2 Å². The van der Waals surface area contributed by atoms with Crippen molar-refractivity contribution in [3.8, 4) is 0 Å². The van der Waals surface area contributed by atoms with E-state index >= 15 is 0 Å². The van der Waals surface area contributed by atoms with E-state index in [0.717, 1.165) is 36.2 Å². The molecule has 7 heteroatoms. The van der Waals surface area contributed by atoms with Gasteiger partial charge in [0.05, 0.1) is 6.42 Å². The van der Waals surface area contributed by atoms with Crippen LogP contribution >= 0.6 is 11.8 Å². The first kappa shape index (κ1) is 19.4. The maximum Gasteiger partial charge on any atom is 0.253 e. The standard InChI is InChI=1S/C20H25N5OS/c1-14-17(15(2)25-19(22-14)23-20(24-25)27-3)13-18(26)21-12-8-7-11-16-9-5-4-6-10-16/h4-6,9-10H,7-8,11-13H2,1-3H3,(H,21,26). The molecule has 0 saturated heterocycles. The Balaban J connectivity index is 1.53. The molecule has 0 saturated carbocycles. The van der Waals surface area contributed by atoms with E-state index in [-0.39, 0.29) is 5.91 Å². The summed E-state index contributed by atoms with van der Waals surface area (Å²) >= 11 is 1.48. The van der Waals surface area contributed by atoms with Crippen LogP contribution in [0.25, 0.3) is 5.78 Å². The van der Waals surface area contributed by atoms with Crippen LogP contribution in [-0.4, -0.2) is 38.3 Å². The van der Waals surface area contributed by atoms with Crippen LogP contribution in [0.4, 0.5) is 0 Å². The van der Waals surface area contributed by atoms with Gasteiger partial charge < -0.3 is 5.32 Å². The summed E-state index contributed by atoms with van der Waals surface area (Å²) in [7, 11) is 0. The molecule has 0 radical (unpaired) electrons. The molecular weight excluding hydrogens is 358 g/mol. The largest absolute Gasteiger partial charge is 0.356 e. The molecule has 0 aliphatic rings. The van der Waals surface area contributed by atoms with Crippen molar-refractivity contribution >= 4 is 23.4 Å². The van der Waals surface area contributed by atoms with Gasteiger partial charge in [0.25, 0.3) is 5.78 Å². The number of amides is 1. The number of nitrogens with one attached hydrogen (secondary N) is 1. The number of carbonyl (C=O) groups is 1. The van der Waals surface area contributed by atoms with Crippen LogP contribution in [0.2, 0.25) is 0 Å². The average Bonchev–Trinajstić information content (AvgIpc) is 3.09. The molecular formula is C20H25N5OS. The molecule has 1 N–H and O–H groups in total. The van der Waals surface area contributed by atoms with Gasteiger partial charge in [-0.15, -0.1) is 5.10 Å². The van der Waals surface area contributed by atoms with Gasteiger partial charge in [0, 0.05) is 23.5 Å². The molecule has 0 atom stereocenters. The Bertz CT molecular complexity index is 923. The lowest BCUT2D eigenvalue weighted by atomic mass is 10.1. The molecule has 0 spiro atoms. The second-order valence-corrected chi connectivity index (χ2v) is 7.31. The number of aryl methyl sites for hydroxylation is 3. The van der Waals surface area contributed by atoms with Crippen LogP contribution in [0.5, 0.6) is 0 Å². The Kier molecular flexibility index (Phi) is 6.45. The van der Waals surface area contributed by atoms with E-state index < -0.39 is 0 Å². The highest BCUT2D eigenvalue weighted by Gasteiger charge is 2.15. The zero-order chi connectivity index (χ0) is 19.2. The van der Waals surface area contributed by atoms with E-state index in [1.165, 1.54) is 17.3 Å². The first-order valence-electron chi connectivity index (χ1n) is 9.16. The fourth-order valence-corrected chi connectivity index (χ4v) is 3.42. The van der Waals surface area contributed by atoms with E-state index in [1.807, 2.05) is 26.2 Å². The van der Waals surface area contributed by atoms with Gasteiger partial charge in [0.1, 0.15) is 0 Å². The van der Waals surface area contributed by atoms with Crippen molar-refractivity contribution < 1.29 is 4.79 Å². The summed E-state index contributed by atoms with van der Waals surface area (Å²) in [5.74, 6) is 0.603. The van der Waals surface area contributed by atoms with Crippen molar-refractivity contribution in [2.45, 2.75) is 44.7 Å². The van der Waals surface area contributed by atoms with E-state index in [4.69, 9.17) is 0 Å². The number of fused-ring (bicyclic) bond motifs is 1. The number of thioether (sulfide) groups is 1. The lowest BCUT2D eigenvalue weighted by Gasteiger charge is -2.10. The highest BCUT2D eigenvalue weighted by atomic mass is 32.2. The van der Waals surface area contributed by atoms with Crippen molar-refractivity contribution in [1.29, 1.82) is 0 Å². The second kappa shape index (κ2) is 8.99. The molecule has 1 aromatic carbocycles. The van der Waals surface area contributed by atoms with E-state index in [9.17, 15) is 4.79 Å². The minimum atomic E-state index is 0.0206. The third-order valence-corrected chi connectivity index (χ3v) is 5.14. The first-order valence-corrected chi connectivity index (χ1v) is 10.4. The normalized spacial score (nSPS) is 11.1. The van der Waals surface area contributed by atoms with Gasteiger partial charge in [0.2, 0.25) is 11.1 Å². The summed E-state index contributed by atoms with van der Waals surface area (Å²) in [5, 5.41) is 8.13. The smallest absolute Gasteiger partial charge is 0.253 e. The lowest BCUT2D eigenvalue weighted by molar-refractivity contribution is -0.120. The summed E-state index contributed by atoms with van der Waals surface area (Å²) in [6, 6.07) is 10.4. The van der Waals surface area contributed by atoms with Gasteiger partial charge in [-0.3, -0.25) is 4.79 Å². The van der Waals surface area contributed by atoms with E-state index in [0.29, 0.717) is 23.9 Å². The van der Waals surface area contributed by atoms with Crippen LogP contribution in [0.15, 0.2) is 35.5 Å². The van der Waals surface area contributed by atoms with Crippen molar-refractivity contribution in [2.24, 2.45) is 0 Å². The fourth-order valence-electron chi connectivity index (χ4n) is 3.08. The minimum Gasteiger partial charge on any atom is -0.356 e. The van der Waals surface area contributed by atoms with Crippen LogP contribution in [0, 0.1) is 13.8 Å². The van der Waals surface area contributed by atoms with Crippen molar-refractivity contribution in [2.75, 3.05) is 12.8 Å². The van der Waals surface area contributed by atoms with Crippen molar-refractivity contribution in [3.05, 3.63) is 52.8 Å². The zero-order valence-electron chi connectivity index (χ0n) is 16.0. The molecule has 0 aliphatic heterocycles. The van der Waals surface area contributed by atoms with Gasteiger partial charge in [-0.1, -0.05) is 42.1 Å². The molecule has 0 aliphatic carbocycles. The maximum atomic E-state index is 12.4. The van der Waals surface area contributed by atoms with Crippen LogP contribution in [-0.2, 0) is 17.6 Å². The predicted molar refractivity (Wildman–Crippen MR) is 108 cm³/mol. The van der Waals surface area contributed by atoms with E-state index in [1.54, 1.807) is 4.52 Å². The number of unbranched alkanes of at least 4 members (excludes halogenated alkanes) is 1. The third kappa shape index (κ3) is 4.86. The van der Waals surface area contributed by atoms with Crippen molar-refractivity contribution in [1.82, 2.24) is 24.9 Å². The average molecular weight is 384 g/mol. The molecule has 3 rings (SSSR count). The third-order valence-electron chi connectivity index (χ3n) is 4.61. The Morgan fingerprint density at radius 3 is 2.67 bits per heavy atom. The van der Waals surface area contributed by atoms with Gasteiger partial charge in [-0.25, -0.2) is 9.50 Å². The number of benzene rings is 1. The second-order valence-electron chi connectivity index (χ2n) is 6.54. The lowest BCUT2D eigenvalue weighted by Crippen LogP contribution is -2.27. The molecule has 6 nitrogen and oxygen atoms in total. The van der Waals surface area contributed by atoms with Gasteiger partial charge >= 0.3 is 0 Å². The summed E-state index contributed by atoms with van der Waals surface area (Å²) in [6.07, 6.45) is 5.32. The molecule has 1 amide bonds. The maximum absolute atomic E-state index is 12.4. The van der Waals surface area contributed by atoms with Gasteiger partial charge in [0.15, 0.2) is 0 Å². The number of nitrogens with zero attached hydrogens (tertiary/aromatic N) is 4. The molecule has 2 aromatic heterocycles. The number of aromatic nitrogens is 4. The molecule has 2 heterocycles. The van der Waals surface area contributed by atoms with Crippen LogP contribution in [0.1, 0.15) is 35.4 Å². The van der Waals surface area contributed by atoms with Crippen LogP contribution in [0.3, 0.4) is 0 Å². The minimum absolute atomic E-state index is 0.0206. The number of rotatable bonds is 8. The molecule has 0 fully saturated rings.